The van der Waals surface area contributed by atoms with Crippen LogP contribution in [0.15, 0.2) is 55.1 Å². The minimum Gasteiger partial charge on any atom is -0.497 e. The van der Waals surface area contributed by atoms with E-state index in [2.05, 4.69) is 46.8 Å². The molecule has 2 atom stereocenters. The molecule has 1 fully saturated rings. The molecule has 150 valence electrons. The molecule has 1 N–H and O–H groups in total. The molecule has 5 rings (SSSR count). The number of fused-ring (bicyclic) bond motifs is 4. The zero-order valence-corrected chi connectivity index (χ0v) is 17.6. The predicted octanol–water partition coefficient (Wildman–Crippen LogP) is 5.37. The fourth-order valence-corrected chi connectivity index (χ4v) is 5.79. The van der Waals surface area contributed by atoms with E-state index >= 15 is 0 Å². The minimum absolute atomic E-state index is 0.129. The van der Waals surface area contributed by atoms with Crippen LogP contribution in [0.25, 0.3) is 10.9 Å². The van der Waals surface area contributed by atoms with Crippen LogP contribution in [0.4, 0.5) is 0 Å². The molecule has 0 amide bonds. The summed E-state index contributed by atoms with van der Waals surface area (Å²) in [5.41, 5.74) is 5.55. The van der Waals surface area contributed by atoms with Gasteiger partial charge in [0.2, 0.25) is 0 Å². The van der Waals surface area contributed by atoms with E-state index in [0.717, 1.165) is 49.7 Å². The summed E-state index contributed by atoms with van der Waals surface area (Å²) in [6, 6.07) is 14.9. The van der Waals surface area contributed by atoms with Crippen molar-refractivity contribution >= 4 is 22.5 Å². The van der Waals surface area contributed by atoms with Gasteiger partial charge >= 0.3 is 0 Å². The zero-order valence-electron chi connectivity index (χ0n) is 16.9. The number of nitrogens with one attached hydrogen (secondary N) is 1. The van der Waals surface area contributed by atoms with Gasteiger partial charge in [0.05, 0.1) is 7.11 Å². The largest absolute Gasteiger partial charge is 0.497 e. The Labute approximate surface area is 177 Å². The molecule has 0 radical (unpaired) electrons. The van der Waals surface area contributed by atoms with E-state index in [0.29, 0.717) is 5.92 Å². The van der Waals surface area contributed by atoms with Crippen LogP contribution >= 0.6 is 11.6 Å². The molecule has 0 saturated carbocycles. The molecule has 2 aliphatic rings. The Morgan fingerprint density at radius 2 is 2.21 bits per heavy atom. The fraction of sp³-hybridized carbons (Fsp3) is 0.360. The normalized spacial score (nSPS) is 24.1. The van der Waals surface area contributed by atoms with Gasteiger partial charge in [0.25, 0.3) is 0 Å². The summed E-state index contributed by atoms with van der Waals surface area (Å²) < 4.78 is 5.57. The summed E-state index contributed by atoms with van der Waals surface area (Å²) in [6.07, 6.45) is 5.28. The molecule has 4 heteroatoms. The highest BCUT2D eigenvalue weighted by atomic mass is 35.5. The van der Waals surface area contributed by atoms with Crippen molar-refractivity contribution in [1.82, 2.24) is 9.88 Å². The highest BCUT2D eigenvalue weighted by Crippen LogP contribution is 2.49. The van der Waals surface area contributed by atoms with Gasteiger partial charge in [-0.3, -0.25) is 4.90 Å². The van der Waals surface area contributed by atoms with Gasteiger partial charge in [-0.05, 0) is 73.2 Å². The first-order valence-electron chi connectivity index (χ1n) is 10.4. The lowest BCUT2D eigenvalue weighted by atomic mass is 9.58. The van der Waals surface area contributed by atoms with Crippen LogP contribution in [0.2, 0.25) is 5.02 Å². The van der Waals surface area contributed by atoms with Crippen LogP contribution in [-0.4, -0.2) is 36.6 Å². The number of hydrogen-bond acceptors (Lipinski definition) is 2. The lowest BCUT2D eigenvalue weighted by Gasteiger charge is -2.51. The van der Waals surface area contributed by atoms with E-state index in [1.807, 2.05) is 18.2 Å². The van der Waals surface area contributed by atoms with Crippen LogP contribution in [0.5, 0.6) is 5.75 Å². The summed E-state index contributed by atoms with van der Waals surface area (Å²) in [6.45, 7) is 7.10. The van der Waals surface area contributed by atoms with E-state index in [-0.39, 0.29) is 5.41 Å². The molecule has 29 heavy (non-hydrogen) atoms. The summed E-state index contributed by atoms with van der Waals surface area (Å²) in [7, 11) is 1.75. The first-order valence-corrected chi connectivity index (χ1v) is 10.8. The van der Waals surface area contributed by atoms with E-state index in [1.165, 1.54) is 27.7 Å². The second kappa shape index (κ2) is 7.23. The first kappa shape index (κ1) is 18.8. The molecule has 1 aliphatic carbocycles. The maximum Gasteiger partial charge on any atom is 0.119 e. The van der Waals surface area contributed by atoms with Crippen molar-refractivity contribution in [1.29, 1.82) is 0 Å². The van der Waals surface area contributed by atoms with E-state index < -0.39 is 0 Å². The number of hydrogen-bond donors (Lipinski definition) is 1. The number of H-pyrrole nitrogens is 1. The van der Waals surface area contributed by atoms with Crippen molar-refractivity contribution < 1.29 is 4.74 Å². The lowest BCUT2D eigenvalue weighted by molar-refractivity contribution is 0.0896. The van der Waals surface area contributed by atoms with E-state index in [4.69, 9.17) is 16.3 Å². The van der Waals surface area contributed by atoms with Crippen LogP contribution in [0.3, 0.4) is 0 Å². The van der Waals surface area contributed by atoms with Gasteiger partial charge in [-0.2, -0.15) is 0 Å². The molecule has 3 nitrogen and oxygen atoms in total. The second-order valence-electron chi connectivity index (χ2n) is 8.54. The number of ether oxygens (including phenoxy) is 1. The summed E-state index contributed by atoms with van der Waals surface area (Å²) in [5.74, 6) is 1.49. The average molecular weight is 407 g/mol. The van der Waals surface area contributed by atoms with Gasteiger partial charge in [-0.15, -0.1) is 6.58 Å². The van der Waals surface area contributed by atoms with Gasteiger partial charge in [-0.1, -0.05) is 29.8 Å². The number of piperidine rings is 1. The lowest BCUT2D eigenvalue weighted by Crippen LogP contribution is -2.53. The van der Waals surface area contributed by atoms with E-state index in [1.54, 1.807) is 7.11 Å². The Bertz CT molecular complexity index is 1070. The van der Waals surface area contributed by atoms with Crippen molar-refractivity contribution in [2.24, 2.45) is 5.92 Å². The van der Waals surface area contributed by atoms with Crippen molar-refractivity contribution in [2.75, 3.05) is 26.7 Å². The van der Waals surface area contributed by atoms with Gasteiger partial charge in [0.15, 0.2) is 0 Å². The molecule has 0 spiro atoms. The maximum atomic E-state index is 6.33. The monoisotopic (exact) mass is 406 g/mol. The second-order valence-corrected chi connectivity index (χ2v) is 8.97. The molecule has 1 unspecified atom stereocenters. The quantitative estimate of drug-likeness (QED) is 0.589. The molecule has 1 aromatic heterocycles. The maximum absolute atomic E-state index is 6.33. The average Bonchev–Trinajstić information content (AvgIpc) is 3.08. The number of benzene rings is 2. The molecule has 0 bridgehead atoms. The van der Waals surface area contributed by atoms with Gasteiger partial charge < -0.3 is 9.72 Å². The third-order valence-corrected chi connectivity index (χ3v) is 7.30. The molecule has 2 aromatic carbocycles. The Morgan fingerprint density at radius 1 is 1.31 bits per heavy atom. The third-order valence-electron chi connectivity index (χ3n) is 7.07. The van der Waals surface area contributed by atoms with Crippen molar-refractivity contribution in [3.63, 3.8) is 0 Å². The standard InChI is InChI=1S/C25H27ClN2O/c1-3-10-28-11-9-25(17-5-4-6-20(12-17)29-2)15-24-21(13-18(25)16-28)22-14-19(26)7-8-23(22)27-24/h3-8,12,14,18,27H,1,9-11,13,15-16H2,2H3/t18?,25-/m1/s1. The summed E-state index contributed by atoms with van der Waals surface area (Å²) >= 11 is 6.33. The van der Waals surface area contributed by atoms with Crippen LogP contribution in [0, 0.1) is 5.92 Å². The Morgan fingerprint density at radius 3 is 3.03 bits per heavy atom. The SMILES string of the molecule is C=CCN1CC[C@]2(c3cccc(OC)c3)Cc3[nH]c4ccc(Cl)cc4c3CC2C1. The Hall–Kier alpha value is -2.23. The highest BCUT2D eigenvalue weighted by Gasteiger charge is 2.48. The smallest absolute Gasteiger partial charge is 0.119 e. The fourth-order valence-electron chi connectivity index (χ4n) is 5.62. The molecular weight excluding hydrogens is 380 g/mol. The van der Waals surface area contributed by atoms with Crippen LogP contribution in [0.1, 0.15) is 23.2 Å². The first-order chi connectivity index (χ1) is 14.1. The number of likely N-dealkylation sites (tertiary alicyclic amines) is 1. The Balaban J connectivity index is 1.63. The van der Waals surface area contributed by atoms with Crippen molar-refractivity contribution in [2.45, 2.75) is 24.7 Å². The molecule has 1 aliphatic heterocycles. The Kier molecular flexibility index (Phi) is 4.68. The molecule has 2 heterocycles. The van der Waals surface area contributed by atoms with Gasteiger partial charge in [0, 0.05) is 40.1 Å². The van der Waals surface area contributed by atoms with E-state index in [9.17, 15) is 0 Å². The summed E-state index contributed by atoms with van der Waals surface area (Å²) in [5, 5.41) is 2.09. The number of aromatic amines is 1. The van der Waals surface area contributed by atoms with Crippen molar-refractivity contribution in [3.05, 3.63) is 77.0 Å². The number of nitrogens with zero attached hydrogens (tertiary/aromatic N) is 1. The third kappa shape index (κ3) is 3.08. The summed E-state index contributed by atoms with van der Waals surface area (Å²) in [4.78, 5) is 6.26. The number of halogens is 1. The highest BCUT2D eigenvalue weighted by molar-refractivity contribution is 6.31. The number of aromatic nitrogens is 1. The zero-order chi connectivity index (χ0) is 20.0. The minimum atomic E-state index is 0.129. The van der Waals surface area contributed by atoms with Crippen LogP contribution < -0.4 is 4.74 Å². The topological polar surface area (TPSA) is 28.3 Å². The molecular formula is C25H27ClN2O. The van der Waals surface area contributed by atoms with Gasteiger partial charge in [-0.25, -0.2) is 0 Å². The predicted molar refractivity (Wildman–Crippen MR) is 120 cm³/mol. The molecule has 3 aromatic rings. The van der Waals surface area contributed by atoms with Crippen LogP contribution in [-0.2, 0) is 18.3 Å². The number of rotatable bonds is 4. The molecule has 1 saturated heterocycles. The number of methoxy groups -OCH3 is 1. The van der Waals surface area contributed by atoms with Gasteiger partial charge in [0.1, 0.15) is 5.75 Å². The van der Waals surface area contributed by atoms with Crippen molar-refractivity contribution in [3.8, 4) is 5.75 Å².